The molecule has 2 aliphatic heterocycles. The number of hydrogen-bond acceptors (Lipinski definition) is 3. The van der Waals surface area contributed by atoms with Gasteiger partial charge in [0.15, 0.2) is 0 Å². The quantitative estimate of drug-likeness (QED) is 0.929. The maximum atomic E-state index is 12.1. The van der Waals surface area contributed by atoms with Crippen LogP contribution in [0.25, 0.3) is 0 Å². The first-order valence-electron chi connectivity index (χ1n) is 8.58. The first-order valence-corrected chi connectivity index (χ1v) is 8.58. The van der Waals surface area contributed by atoms with Crippen LogP contribution < -0.4 is 10.2 Å². The zero-order chi connectivity index (χ0) is 16.2. The zero-order valence-electron chi connectivity index (χ0n) is 13.8. The fraction of sp³-hybridized carbons (Fsp3) is 0.556. The Hall–Kier alpha value is -1.88. The van der Waals surface area contributed by atoms with Crippen LogP contribution in [-0.2, 0) is 9.59 Å². The minimum absolute atomic E-state index is 0.0327. The summed E-state index contributed by atoms with van der Waals surface area (Å²) in [6, 6.07) is 7.83. The summed E-state index contributed by atoms with van der Waals surface area (Å²) in [4.78, 5) is 28.1. The van der Waals surface area contributed by atoms with Gasteiger partial charge in [-0.2, -0.15) is 0 Å². The molecular weight excluding hydrogens is 290 g/mol. The Morgan fingerprint density at radius 2 is 1.87 bits per heavy atom. The SMILES string of the molecule is CC1CCC(=O)N1c1ccc(NC(=O)CN2CCCCC2)cc1. The number of rotatable bonds is 4. The van der Waals surface area contributed by atoms with Gasteiger partial charge in [-0.1, -0.05) is 6.42 Å². The summed E-state index contributed by atoms with van der Waals surface area (Å²) in [7, 11) is 0. The van der Waals surface area contributed by atoms with Gasteiger partial charge in [0.25, 0.3) is 0 Å². The van der Waals surface area contributed by atoms with E-state index in [1.54, 1.807) is 0 Å². The zero-order valence-corrected chi connectivity index (χ0v) is 13.8. The molecule has 1 N–H and O–H groups in total. The number of nitrogens with zero attached hydrogens (tertiary/aromatic N) is 2. The summed E-state index contributed by atoms with van der Waals surface area (Å²) in [5.41, 5.74) is 1.70. The Morgan fingerprint density at radius 3 is 2.48 bits per heavy atom. The molecule has 1 atom stereocenters. The highest BCUT2D eigenvalue weighted by atomic mass is 16.2. The summed E-state index contributed by atoms with van der Waals surface area (Å²) in [5.74, 6) is 0.213. The van der Waals surface area contributed by atoms with Crippen LogP contribution in [0.15, 0.2) is 24.3 Å². The molecule has 23 heavy (non-hydrogen) atoms. The highest BCUT2D eigenvalue weighted by Gasteiger charge is 2.28. The predicted molar refractivity (Wildman–Crippen MR) is 91.5 cm³/mol. The van der Waals surface area contributed by atoms with Crippen LogP contribution in [0.3, 0.4) is 0 Å². The van der Waals surface area contributed by atoms with Crippen LogP contribution >= 0.6 is 0 Å². The average molecular weight is 315 g/mol. The number of hydrogen-bond donors (Lipinski definition) is 1. The summed E-state index contributed by atoms with van der Waals surface area (Å²) in [6.45, 7) is 4.56. The van der Waals surface area contributed by atoms with Gasteiger partial charge in [0.2, 0.25) is 11.8 Å². The minimum atomic E-state index is 0.0327. The van der Waals surface area contributed by atoms with E-state index in [2.05, 4.69) is 17.1 Å². The highest BCUT2D eigenvalue weighted by Crippen LogP contribution is 2.27. The van der Waals surface area contributed by atoms with E-state index in [9.17, 15) is 9.59 Å². The van der Waals surface area contributed by atoms with Crippen molar-refractivity contribution in [3.8, 4) is 0 Å². The fourth-order valence-electron chi connectivity index (χ4n) is 3.45. The maximum absolute atomic E-state index is 12.1. The molecule has 0 bridgehead atoms. The first kappa shape index (κ1) is 16.0. The first-order chi connectivity index (χ1) is 11.1. The summed E-state index contributed by atoms with van der Waals surface area (Å²) < 4.78 is 0. The lowest BCUT2D eigenvalue weighted by Gasteiger charge is -2.25. The van der Waals surface area contributed by atoms with Crippen molar-refractivity contribution in [1.82, 2.24) is 4.90 Å². The smallest absolute Gasteiger partial charge is 0.238 e. The number of benzene rings is 1. The van der Waals surface area contributed by atoms with Crippen molar-refractivity contribution in [2.24, 2.45) is 0 Å². The van der Waals surface area contributed by atoms with Crippen LogP contribution in [0.4, 0.5) is 11.4 Å². The van der Waals surface area contributed by atoms with Gasteiger partial charge in [0.1, 0.15) is 0 Å². The molecule has 0 aliphatic carbocycles. The number of likely N-dealkylation sites (tertiary alicyclic amines) is 1. The molecule has 2 saturated heterocycles. The van der Waals surface area contributed by atoms with E-state index in [0.717, 1.165) is 30.9 Å². The fourth-order valence-corrected chi connectivity index (χ4v) is 3.45. The summed E-state index contributed by atoms with van der Waals surface area (Å²) in [5, 5.41) is 2.95. The van der Waals surface area contributed by atoms with Crippen LogP contribution in [0, 0.1) is 0 Å². The van der Waals surface area contributed by atoms with E-state index in [1.165, 1.54) is 19.3 Å². The molecule has 0 aromatic heterocycles. The van der Waals surface area contributed by atoms with Gasteiger partial charge in [-0.05, 0) is 63.5 Å². The number of carbonyl (C=O) groups excluding carboxylic acids is 2. The number of carbonyl (C=O) groups is 2. The van der Waals surface area contributed by atoms with Crippen molar-refractivity contribution in [1.29, 1.82) is 0 Å². The molecule has 124 valence electrons. The van der Waals surface area contributed by atoms with E-state index < -0.39 is 0 Å². The molecule has 3 rings (SSSR count). The summed E-state index contributed by atoms with van der Waals surface area (Å²) >= 11 is 0. The molecule has 2 aliphatic rings. The number of amides is 2. The van der Waals surface area contributed by atoms with Gasteiger partial charge in [-0.3, -0.25) is 14.5 Å². The van der Waals surface area contributed by atoms with Crippen LogP contribution in [0.2, 0.25) is 0 Å². The largest absolute Gasteiger partial charge is 0.325 e. The predicted octanol–water partition coefficient (Wildman–Crippen LogP) is 2.63. The lowest BCUT2D eigenvalue weighted by Crippen LogP contribution is -2.36. The second kappa shape index (κ2) is 7.13. The van der Waals surface area contributed by atoms with E-state index >= 15 is 0 Å². The third-order valence-electron chi connectivity index (χ3n) is 4.73. The molecule has 1 aromatic carbocycles. The van der Waals surface area contributed by atoms with Gasteiger partial charge < -0.3 is 10.2 Å². The lowest BCUT2D eigenvalue weighted by atomic mass is 10.1. The Labute approximate surface area is 137 Å². The number of piperidine rings is 1. The molecule has 5 heteroatoms. The Kier molecular flexibility index (Phi) is 4.96. The van der Waals surface area contributed by atoms with Gasteiger partial charge in [-0.15, -0.1) is 0 Å². The second-order valence-electron chi connectivity index (χ2n) is 6.58. The van der Waals surface area contributed by atoms with Gasteiger partial charge >= 0.3 is 0 Å². The third kappa shape index (κ3) is 3.91. The Bertz CT molecular complexity index is 564. The van der Waals surface area contributed by atoms with Crippen molar-refractivity contribution in [3.05, 3.63) is 24.3 Å². The molecule has 0 radical (unpaired) electrons. The van der Waals surface area contributed by atoms with Crippen molar-refractivity contribution in [2.45, 2.75) is 45.1 Å². The lowest BCUT2D eigenvalue weighted by molar-refractivity contribution is -0.118. The summed E-state index contributed by atoms with van der Waals surface area (Å²) in [6.07, 6.45) is 5.17. The normalized spacial score (nSPS) is 22.4. The topological polar surface area (TPSA) is 52.7 Å². The van der Waals surface area contributed by atoms with Gasteiger partial charge in [0, 0.05) is 23.8 Å². The molecule has 0 saturated carbocycles. The standard InChI is InChI=1S/C18H25N3O2/c1-14-5-10-18(23)21(14)16-8-6-15(7-9-16)19-17(22)13-20-11-3-2-4-12-20/h6-9,14H,2-5,10-13H2,1H3,(H,19,22). The van der Waals surface area contributed by atoms with Gasteiger partial charge in [-0.25, -0.2) is 0 Å². The van der Waals surface area contributed by atoms with E-state index in [0.29, 0.717) is 13.0 Å². The number of nitrogens with one attached hydrogen (secondary N) is 1. The molecule has 5 nitrogen and oxygen atoms in total. The van der Waals surface area contributed by atoms with E-state index in [4.69, 9.17) is 0 Å². The van der Waals surface area contributed by atoms with Crippen LogP contribution in [0.1, 0.15) is 39.0 Å². The van der Waals surface area contributed by atoms with Crippen LogP contribution in [0.5, 0.6) is 0 Å². The molecule has 2 amide bonds. The van der Waals surface area contributed by atoms with Crippen LogP contribution in [-0.4, -0.2) is 42.4 Å². The maximum Gasteiger partial charge on any atom is 0.238 e. The molecule has 2 fully saturated rings. The number of anilines is 2. The Morgan fingerprint density at radius 1 is 1.17 bits per heavy atom. The third-order valence-corrected chi connectivity index (χ3v) is 4.73. The van der Waals surface area contributed by atoms with Crippen molar-refractivity contribution < 1.29 is 9.59 Å². The molecule has 0 spiro atoms. The molecular formula is C18H25N3O2. The van der Waals surface area contributed by atoms with E-state index in [-0.39, 0.29) is 17.9 Å². The molecule has 2 heterocycles. The molecule has 1 aromatic rings. The minimum Gasteiger partial charge on any atom is -0.325 e. The van der Waals surface area contributed by atoms with Crippen molar-refractivity contribution in [2.75, 3.05) is 29.9 Å². The Balaban J connectivity index is 1.56. The van der Waals surface area contributed by atoms with Crippen molar-refractivity contribution in [3.63, 3.8) is 0 Å². The second-order valence-corrected chi connectivity index (χ2v) is 6.58. The average Bonchev–Trinajstić information content (AvgIpc) is 2.88. The highest BCUT2D eigenvalue weighted by molar-refractivity contribution is 5.97. The van der Waals surface area contributed by atoms with E-state index in [1.807, 2.05) is 29.2 Å². The van der Waals surface area contributed by atoms with Crippen molar-refractivity contribution >= 4 is 23.2 Å². The monoisotopic (exact) mass is 315 g/mol. The molecule has 1 unspecified atom stereocenters. The van der Waals surface area contributed by atoms with Gasteiger partial charge in [0.05, 0.1) is 6.54 Å².